The van der Waals surface area contributed by atoms with Crippen molar-refractivity contribution in [3.8, 4) is 0 Å². The number of para-hydroxylation sites is 1. The Kier molecular flexibility index (Phi) is 3.89. The largest absolute Gasteiger partial charge is 0.397 e. The number of carbonyl (C=O) groups excluding carboxylic acids is 1. The molecule has 0 spiro atoms. The Morgan fingerprint density at radius 2 is 2.22 bits per heavy atom. The lowest BCUT2D eigenvalue weighted by atomic mass is 10.1. The summed E-state index contributed by atoms with van der Waals surface area (Å²) in [5.41, 5.74) is 7.59. The molecule has 0 aliphatic rings. The van der Waals surface area contributed by atoms with Gasteiger partial charge in [-0.1, -0.05) is 17.7 Å². The van der Waals surface area contributed by atoms with Crippen LogP contribution in [0.3, 0.4) is 0 Å². The molecule has 2 aromatic rings. The number of nitrogens with one attached hydrogen (secondary N) is 1. The molecule has 1 aromatic heterocycles. The molecular weight excluding hydrogens is 268 g/mol. The Balaban J connectivity index is 2.15. The summed E-state index contributed by atoms with van der Waals surface area (Å²) >= 11 is 7.49. The first-order valence-corrected chi connectivity index (χ1v) is 6.78. The first kappa shape index (κ1) is 12.9. The van der Waals surface area contributed by atoms with Crippen LogP contribution >= 0.6 is 22.9 Å². The summed E-state index contributed by atoms with van der Waals surface area (Å²) in [6.45, 7) is 1.93. The maximum absolute atomic E-state index is 12.1. The molecule has 0 aliphatic carbocycles. The van der Waals surface area contributed by atoms with Crippen molar-refractivity contribution in [1.82, 2.24) is 5.32 Å². The van der Waals surface area contributed by atoms with Gasteiger partial charge in [0, 0.05) is 0 Å². The highest BCUT2D eigenvalue weighted by molar-refractivity contribution is 7.07. The van der Waals surface area contributed by atoms with Crippen molar-refractivity contribution in [2.75, 3.05) is 5.73 Å². The van der Waals surface area contributed by atoms with Gasteiger partial charge in [0.15, 0.2) is 0 Å². The molecule has 1 heterocycles. The van der Waals surface area contributed by atoms with Gasteiger partial charge in [0.1, 0.15) is 0 Å². The van der Waals surface area contributed by atoms with Gasteiger partial charge < -0.3 is 11.1 Å². The van der Waals surface area contributed by atoms with Gasteiger partial charge in [0.05, 0.1) is 22.3 Å². The first-order valence-electron chi connectivity index (χ1n) is 5.46. The summed E-state index contributed by atoms with van der Waals surface area (Å²) in [4.78, 5) is 12.1. The van der Waals surface area contributed by atoms with E-state index in [1.165, 1.54) is 0 Å². The fourth-order valence-electron chi connectivity index (χ4n) is 1.61. The molecule has 0 fully saturated rings. The summed E-state index contributed by atoms with van der Waals surface area (Å²) in [5, 5.41) is 7.27. The van der Waals surface area contributed by atoms with Crippen molar-refractivity contribution >= 4 is 34.5 Å². The van der Waals surface area contributed by atoms with Crippen molar-refractivity contribution in [2.45, 2.75) is 13.0 Å². The molecule has 1 atom stereocenters. The maximum Gasteiger partial charge on any atom is 0.253 e. The van der Waals surface area contributed by atoms with E-state index in [-0.39, 0.29) is 11.9 Å². The van der Waals surface area contributed by atoms with Gasteiger partial charge in [0.25, 0.3) is 5.91 Å². The third-order valence-electron chi connectivity index (χ3n) is 2.69. The molecule has 3 N–H and O–H groups in total. The number of thiophene rings is 1. The van der Waals surface area contributed by atoms with Crippen LogP contribution in [0.1, 0.15) is 28.9 Å². The lowest BCUT2D eigenvalue weighted by molar-refractivity contribution is 0.0941. The number of hydrogen-bond acceptors (Lipinski definition) is 3. The number of rotatable bonds is 3. The van der Waals surface area contributed by atoms with Crippen LogP contribution in [0.25, 0.3) is 0 Å². The second-order valence-electron chi connectivity index (χ2n) is 3.95. The third kappa shape index (κ3) is 2.66. The topological polar surface area (TPSA) is 55.1 Å². The molecule has 18 heavy (non-hydrogen) atoms. The molecule has 5 heteroatoms. The predicted octanol–water partition coefficient (Wildman–Crippen LogP) is 3.47. The Bertz CT molecular complexity index is 554. The lowest BCUT2D eigenvalue weighted by Gasteiger charge is -2.14. The van der Waals surface area contributed by atoms with Gasteiger partial charge in [-0.2, -0.15) is 11.3 Å². The second kappa shape index (κ2) is 5.42. The molecule has 0 radical (unpaired) electrons. The van der Waals surface area contributed by atoms with E-state index in [0.717, 1.165) is 5.56 Å². The number of anilines is 1. The van der Waals surface area contributed by atoms with E-state index in [1.54, 1.807) is 29.5 Å². The van der Waals surface area contributed by atoms with Crippen molar-refractivity contribution in [3.05, 3.63) is 51.2 Å². The summed E-state index contributed by atoms with van der Waals surface area (Å²) in [7, 11) is 0. The molecule has 1 aromatic carbocycles. The number of halogens is 1. The van der Waals surface area contributed by atoms with E-state index in [1.807, 2.05) is 23.8 Å². The van der Waals surface area contributed by atoms with Gasteiger partial charge in [-0.15, -0.1) is 0 Å². The fraction of sp³-hybridized carbons (Fsp3) is 0.154. The minimum atomic E-state index is -0.214. The fourth-order valence-corrected chi connectivity index (χ4v) is 2.54. The summed E-state index contributed by atoms with van der Waals surface area (Å²) in [6.07, 6.45) is 0. The molecule has 0 bridgehead atoms. The van der Waals surface area contributed by atoms with E-state index >= 15 is 0 Å². The third-order valence-corrected chi connectivity index (χ3v) is 3.72. The zero-order valence-corrected chi connectivity index (χ0v) is 11.4. The average molecular weight is 281 g/mol. The van der Waals surface area contributed by atoms with Crippen molar-refractivity contribution in [3.63, 3.8) is 0 Å². The minimum absolute atomic E-state index is 0.0536. The number of benzene rings is 1. The van der Waals surface area contributed by atoms with Crippen LogP contribution in [0.15, 0.2) is 35.0 Å². The minimum Gasteiger partial charge on any atom is -0.397 e. The Labute approximate surface area is 115 Å². The van der Waals surface area contributed by atoms with Crippen LogP contribution in [0, 0.1) is 0 Å². The summed E-state index contributed by atoms with van der Waals surface area (Å²) < 4.78 is 0. The normalized spacial score (nSPS) is 12.1. The van der Waals surface area contributed by atoms with Crippen LogP contribution in [-0.4, -0.2) is 5.91 Å². The number of amides is 1. The van der Waals surface area contributed by atoms with Gasteiger partial charge in [-0.05, 0) is 41.4 Å². The second-order valence-corrected chi connectivity index (χ2v) is 5.14. The molecule has 94 valence electrons. The number of carbonyl (C=O) groups is 1. The smallest absolute Gasteiger partial charge is 0.253 e. The molecule has 0 saturated carbocycles. The number of nitrogens with two attached hydrogens (primary N) is 1. The SMILES string of the molecule is CC(NC(=O)c1cccc(Cl)c1N)c1ccsc1. The van der Waals surface area contributed by atoms with Gasteiger partial charge in [-0.25, -0.2) is 0 Å². The molecule has 1 amide bonds. The maximum atomic E-state index is 12.1. The monoisotopic (exact) mass is 280 g/mol. The van der Waals surface area contributed by atoms with Gasteiger partial charge in [-0.3, -0.25) is 4.79 Å². The standard InChI is InChI=1S/C13H13ClN2OS/c1-8(9-5-6-18-7-9)16-13(17)10-3-2-4-11(14)12(10)15/h2-8H,15H2,1H3,(H,16,17). The number of nitrogen functional groups attached to an aromatic ring is 1. The van der Waals surface area contributed by atoms with E-state index in [0.29, 0.717) is 16.3 Å². The number of hydrogen-bond donors (Lipinski definition) is 2. The average Bonchev–Trinajstić information content (AvgIpc) is 2.86. The molecule has 0 aliphatic heterocycles. The first-order chi connectivity index (χ1) is 8.59. The quantitative estimate of drug-likeness (QED) is 0.846. The molecule has 0 saturated heterocycles. The van der Waals surface area contributed by atoms with E-state index in [4.69, 9.17) is 17.3 Å². The van der Waals surface area contributed by atoms with Crippen molar-refractivity contribution in [1.29, 1.82) is 0 Å². The molecule has 1 unspecified atom stereocenters. The predicted molar refractivity (Wildman–Crippen MR) is 76.1 cm³/mol. The van der Waals surface area contributed by atoms with Crippen LogP contribution in [-0.2, 0) is 0 Å². The lowest BCUT2D eigenvalue weighted by Crippen LogP contribution is -2.27. The zero-order chi connectivity index (χ0) is 13.1. The summed E-state index contributed by atoms with van der Waals surface area (Å²) in [5.74, 6) is -0.214. The summed E-state index contributed by atoms with van der Waals surface area (Å²) in [6, 6.07) is 6.97. The van der Waals surface area contributed by atoms with Crippen LogP contribution in [0.2, 0.25) is 5.02 Å². The van der Waals surface area contributed by atoms with E-state index < -0.39 is 0 Å². The molecule has 2 rings (SSSR count). The van der Waals surface area contributed by atoms with Gasteiger partial charge in [0.2, 0.25) is 0 Å². The van der Waals surface area contributed by atoms with Crippen molar-refractivity contribution in [2.24, 2.45) is 0 Å². The van der Waals surface area contributed by atoms with Crippen LogP contribution < -0.4 is 11.1 Å². The Hall–Kier alpha value is -1.52. The van der Waals surface area contributed by atoms with Crippen LogP contribution in [0.5, 0.6) is 0 Å². The van der Waals surface area contributed by atoms with E-state index in [2.05, 4.69) is 5.32 Å². The highest BCUT2D eigenvalue weighted by Gasteiger charge is 2.15. The van der Waals surface area contributed by atoms with E-state index in [9.17, 15) is 4.79 Å². The Morgan fingerprint density at radius 1 is 1.44 bits per heavy atom. The molecular formula is C13H13ClN2OS. The van der Waals surface area contributed by atoms with Crippen LogP contribution in [0.4, 0.5) is 5.69 Å². The highest BCUT2D eigenvalue weighted by atomic mass is 35.5. The Morgan fingerprint density at radius 3 is 2.89 bits per heavy atom. The molecule has 3 nitrogen and oxygen atoms in total. The zero-order valence-electron chi connectivity index (χ0n) is 9.81. The highest BCUT2D eigenvalue weighted by Crippen LogP contribution is 2.23. The van der Waals surface area contributed by atoms with Gasteiger partial charge >= 0.3 is 0 Å². The van der Waals surface area contributed by atoms with Crippen molar-refractivity contribution < 1.29 is 4.79 Å².